The maximum atomic E-state index is 12.8. The molecule has 0 spiro atoms. The Morgan fingerprint density at radius 2 is 2.00 bits per heavy atom. The zero-order valence-corrected chi connectivity index (χ0v) is 11.5. The summed E-state index contributed by atoms with van der Waals surface area (Å²) < 4.78 is 38.4. The Balaban J connectivity index is 2.03. The summed E-state index contributed by atoms with van der Waals surface area (Å²) in [4.78, 5) is 13.2. The average molecular weight is 312 g/mol. The summed E-state index contributed by atoms with van der Waals surface area (Å²) in [5.41, 5.74) is 1.46. The number of para-hydroxylation sites is 1. The first-order valence-corrected chi connectivity index (χ1v) is 7.15. The Morgan fingerprint density at radius 1 is 1.24 bits per heavy atom. The zero-order valence-electron chi connectivity index (χ0n) is 10.7. The van der Waals surface area contributed by atoms with Crippen LogP contribution in [0.15, 0.2) is 41.1 Å². The second-order valence-electron chi connectivity index (χ2n) is 4.70. The average Bonchev–Trinajstić information content (AvgIpc) is 2.94. The number of thiophene rings is 1. The van der Waals surface area contributed by atoms with E-state index in [0.29, 0.717) is 11.3 Å². The van der Waals surface area contributed by atoms with Crippen LogP contribution in [0.3, 0.4) is 0 Å². The highest BCUT2D eigenvalue weighted by Crippen LogP contribution is 2.35. The van der Waals surface area contributed by atoms with Gasteiger partial charge in [0.15, 0.2) is 0 Å². The molecule has 21 heavy (non-hydrogen) atoms. The van der Waals surface area contributed by atoms with Crippen LogP contribution in [-0.4, -0.2) is 23.5 Å². The van der Waals surface area contributed by atoms with Gasteiger partial charge in [-0.2, -0.15) is 24.5 Å². The number of rotatable bonds is 2. The molecule has 110 valence electrons. The third-order valence-electron chi connectivity index (χ3n) is 3.23. The van der Waals surface area contributed by atoms with Crippen LogP contribution in [0.5, 0.6) is 0 Å². The molecule has 2 aromatic rings. The third-order valence-corrected chi connectivity index (χ3v) is 3.93. The minimum absolute atomic E-state index is 0.258. The highest BCUT2D eigenvalue weighted by Gasteiger charge is 2.40. The van der Waals surface area contributed by atoms with E-state index in [1.165, 1.54) is 17.4 Å². The van der Waals surface area contributed by atoms with E-state index >= 15 is 0 Å². The maximum absolute atomic E-state index is 12.8. The molecule has 0 fully saturated rings. The van der Waals surface area contributed by atoms with Gasteiger partial charge < -0.3 is 10.2 Å². The predicted octanol–water partition coefficient (Wildman–Crippen LogP) is 3.88. The van der Waals surface area contributed by atoms with Crippen LogP contribution in [0, 0.1) is 0 Å². The van der Waals surface area contributed by atoms with Crippen molar-refractivity contribution in [1.82, 2.24) is 4.90 Å². The molecule has 2 heterocycles. The van der Waals surface area contributed by atoms with Gasteiger partial charge in [-0.15, -0.1) is 0 Å². The number of carbonyl (C=O) groups is 1. The fraction of sp³-hybridized carbons (Fsp3) is 0.214. The van der Waals surface area contributed by atoms with Crippen molar-refractivity contribution in [3.05, 3.63) is 52.2 Å². The van der Waals surface area contributed by atoms with Crippen LogP contribution in [0.1, 0.15) is 22.1 Å². The molecule has 0 saturated heterocycles. The number of fused-ring (bicyclic) bond motifs is 1. The Morgan fingerprint density at radius 3 is 2.67 bits per heavy atom. The molecule has 1 atom stereocenters. The van der Waals surface area contributed by atoms with Gasteiger partial charge in [0.05, 0.1) is 5.56 Å². The van der Waals surface area contributed by atoms with Crippen molar-refractivity contribution in [2.24, 2.45) is 0 Å². The summed E-state index contributed by atoms with van der Waals surface area (Å²) in [5, 5.41) is 6.52. The van der Waals surface area contributed by atoms with Gasteiger partial charge in [0.1, 0.15) is 12.7 Å². The number of alkyl halides is 3. The van der Waals surface area contributed by atoms with Crippen LogP contribution >= 0.6 is 11.3 Å². The second-order valence-corrected chi connectivity index (χ2v) is 5.48. The third kappa shape index (κ3) is 2.73. The molecule has 1 aromatic carbocycles. The highest BCUT2D eigenvalue weighted by atomic mass is 32.1. The zero-order chi connectivity index (χ0) is 15.0. The first-order valence-electron chi connectivity index (χ1n) is 6.21. The maximum Gasteiger partial charge on any atom is 0.406 e. The van der Waals surface area contributed by atoms with Crippen LogP contribution in [0.2, 0.25) is 0 Å². The van der Waals surface area contributed by atoms with Crippen LogP contribution in [-0.2, 0) is 0 Å². The summed E-state index contributed by atoms with van der Waals surface area (Å²) in [7, 11) is 0. The molecule has 0 saturated carbocycles. The Labute approximate surface area is 123 Å². The van der Waals surface area contributed by atoms with E-state index in [9.17, 15) is 18.0 Å². The van der Waals surface area contributed by atoms with Gasteiger partial charge in [-0.25, -0.2) is 0 Å². The lowest BCUT2D eigenvalue weighted by atomic mass is 10.1. The fourth-order valence-electron chi connectivity index (χ4n) is 2.34. The van der Waals surface area contributed by atoms with Crippen molar-refractivity contribution < 1.29 is 18.0 Å². The van der Waals surface area contributed by atoms with E-state index in [1.54, 1.807) is 35.0 Å². The standard InChI is InChI=1S/C14H11F3N2OS/c15-14(16,17)8-19-12(9-5-6-21-7-9)18-11-4-2-1-3-10(11)13(19)20/h1-7,12,18H,8H2. The van der Waals surface area contributed by atoms with E-state index in [1.807, 2.05) is 0 Å². The minimum atomic E-state index is -4.45. The number of carbonyl (C=O) groups excluding carboxylic acids is 1. The van der Waals surface area contributed by atoms with Gasteiger partial charge in [-0.1, -0.05) is 12.1 Å². The summed E-state index contributed by atoms with van der Waals surface area (Å²) in [5.74, 6) is -0.613. The molecule has 7 heteroatoms. The van der Waals surface area contributed by atoms with E-state index < -0.39 is 24.8 Å². The quantitative estimate of drug-likeness (QED) is 0.913. The Hall–Kier alpha value is -2.02. The number of hydrogen-bond acceptors (Lipinski definition) is 3. The van der Waals surface area contributed by atoms with Gasteiger partial charge in [-0.05, 0) is 29.0 Å². The van der Waals surface area contributed by atoms with Crippen molar-refractivity contribution in [2.75, 3.05) is 11.9 Å². The van der Waals surface area contributed by atoms with Crippen molar-refractivity contribution >= 4 is 22.9 Å². The summed E-state index contributed by atoms with van der Waals surface area (Å²) in [6, 6.07) is 8.31. The summed E-state index contributed by atoms with van der Waals surface area (Å²) in [6.07, 6.45) is -5.25. The number of benzene rings is 1. The molecular formula is C14H11F3N2OS. The molecular weight excluding hydrogens is 301 g/mol. The SMILES string of the molecule is O=C1c2ccccc2NC(c2ccsc2)N1CC(F)(F)F. The minimum Gasteiger partial charge on any atom is -0.361 e. The number of nitrogens with one attached hydrogen (secondary N) is 1. The smallest absolute Gasteiger partial charge is 0.361 e. The fourth-order valence-corrected chi connectivity index (χ4v) is 3.02. The molecule has 1 unspecified atom stereocenters. The normalized spacial score (nSPS) is 18.3. The largest absolute Gasteiger partial charge is 0.406 e. The molecule has 1 aliphatic rings. The van der Waals surface area contributed by atoms with Crippen LogP contribution < -0.4 is 5.32 Å². The summed E-state index contributed by atoms with van der Waals surface area (Å²) >= 11 is 1.38. The van der Waals surface area contributed by atoms with Crippen molar-refractivity contribution in [3.8, 4) is 0 Å². The van der Waals surface area contributed by atoms with E-state index in [0.717, 1.165) is 4.90 Å². The first kappa shape index (κ1) is 13.9. The molecule has 0 radical (unpaired) electrons. The van der Waals surface area contributed by atoms with E-state index in [4.69, 9.17) is 0 Å². The van der Waals surface area contributed by atoms with Gasteiger partial charge in [0.25, 0.3) is 5.91 Å². The molecule has 0 aliphatic carbocycles. The highest BCUT2D eigenvalue weighted by molar-refractivity contribution is 7.08. The monoisotopic (exact) mass is 312 g/mol. The molecule has 1 N–H and O–H groups in total. The van der Waals surface area contributed by atoms with Crippen molar-refractivity contribution in [3.63, 3.8) is 0 Å². The van der Waals surface area contributed by atoms with Gasteiger partial charge >= 0.3 is 6.18 Å². The topological polar surface area (TPSA) is 32.3 Å². The second kappa shape index (κ2) is 5.07. The van der Waals surface area contributed by atoms with Crippen LogP contribution in [0.25, 0.3) is 0 Å². The number of amides is 1. The molecule has 3 nitrogen and oxygen atoms in total. The van der Waals surface area contributed by atoms with Gasteiger partial charge in [0.2, 0.25) is 0 Å². The molecule has 3 rings (SSSR count). The number of nitrogens with zero attached hydrogens (tertiary/aromatic N) is 1. The lowest BCUT2D eigenvalue weighted by Crippen LogP contribution is -2.47. The van der Waals surface area contributed by atoms with E-state index in [-0.39, 0.29) is 5.56 Å². The van der Waals surface area contributed by atoms with Crippen molar-refractivity contribution in [2.45, 2.75) is 12.3 Å². The molecule has 1 amide bonds. The lowest BCUT2D eigenvalue weighted by Gasteiger charge is -2.38. The Bertz CT molecular complexity index is 654. The van der Waals surface area contributed by atoms with E-state index in [2.05, 4.69) is 5.32 Å². The number of halogens is 3. The molecule has 1 aliphatic heterocycles. The van der Waals surface area contributed by atoms with Crippen molar-refractivity contribution in [1.29, 1.82) is 0 Å². The van der Waals surface area contributed by atoms with Crippen LogP contribution in [0.4, 0.5) is 18.9 Å². The van der Waals surface area contributed by atoms with Gasteiger partial charge in [-0.3, -0.25) is 4.79 Å². The number of hydrogen-bond donors (Lipinski definition) is 1. The number of anilines is 1. The predicted molar refractivity (Wildman–Crippen MR) is 74.2 cm³/mol. The Kier molecular flexibility index (Phi) is 3.36. The summed E-state index contributed by atoms with van der Waals surface area (Å²) in [6.45, 7) is -1.28. The molecule has 1 aromatic heterocycles. The lowest BCUT2D eigenvalue weighted by molar-refractivity contribution is -0.144. The first-order chi connectivity index (χ1) is 9.96. The van der Waals surface area contributed by atoms with Gasteiger partial charge in [0, 0.05) is 11.3 Å². The molecule has 0 bridgehead atoms.